The molecule has 152 valence electrons. The van der Waals surface area contributed by atoms with Crippen LogP contribution in [0.5, 0.6) is 11.5 Å². The minimum atomic E-state index is -4.70. The maximum atomic E-state index is 13.1. The minimum absolute atomic E-state index is 0.0771. The molecule has 0 aliphatic carbocycles. The van der Waals surface area contributed by atoms with E-state index >= 15 is 0 Å². The van der Waals surface area contributed by atoms with Gasteiger partial charge < -0.3 is 19.2 Å². The van der Waals surface area contributed by atoms with E-state index < -0.39 is 29.9 Å². The van der Waals surface area contributed by atoms with Crippen molar-refractivity contribution in [3.05, 3.63) is 64.5 Å². The lowest BCUT2D eigenvalue weighted by Crippen LogP contribution is -2.20. The molecule has 1 amide bonds. The highest BCUT2D eigenvalue weighted by Gasteiger charge is 2.33. The van der Waals surface area contributed by atoms with Crippen molar-refractivity contribution >= 4 is 22.6 Å². The van der Waals surface area contributed by atoms with Crippen LogP contribution in [0.2, 0.25) is 0 Å². The van der Waals surface area contributed by atoms with Gasteiger partial charge in [-0.3, -0.25) is 4.79 Å². The average Bonchev–Trinajstić information content (AvgIpc) is 2.66. The first-order chi connectivity index (χ1) is 13.8. The van der Waals surface area contributed by atoms with Crippen molar-refractivity contribution in [2.24, 2.45) is 0 Å². The molecule has 0 spiro atoms. The maximum absolute atomic E-state index is 13.1. The van der Waals surface area contributed by atoms with Crippen LogP contribution in [0, 0.1) is 0 Å². The summed E-state index contributed by atoms with van der Waals surface area (Å²) < 4.78 is 54.8. The lowest BCUT2D eigenvalue weighted by molar-refractivity contribution is -0.136. The fourth-order valence-corrected chi connectivity index (χ4v) is 2.65. The van der Waals surface area contributed by atoms with Crippen LogP contribution in [0.15, 0.2) is 57.7 Å². The number of rotatable bonds is 6. The van der Waals surface area contributed by atoms with Crippen molar-refractivity contribution in [2.75, 3.05) is 18.5 Å². The Morgan fingerprint density at radius 3 is 2.59 bits per heavy atom. The number of carbonyl (C=O) groups excluding carboxylic acids is 1. The highest BCUT2D eigenvalue weighted by atomic mass is 19.4. The highest BCUT2D eigenvalue weighted by Crippen LogP contribution is 2.34. The third-order valence-electron chi connectivity index (χ3n) is 3.85. The Morgan fingerprint density at radius 1 is 1.10 bits per heavy atom. The van der Waals surface area contributed by atoms with Crippen LogP contribution in [0.3, 0.4) is 0 Å². The summed E-state index contributed by atoms with van der Waals surface area (Å²) >= 11 is 0. The minimum Gasteiger partial charge on any atom is -0.492 e. The molecule has 0 radical (unpaired) electrons. The number of hydrogen-bond donors (Lipinski definition) is 1. The molecule has 0 saturated heterocycles. The van der Waals surface area contributed by atoms with Gasteiger partial charge in [-0.25, -0.2) is 4.79 Å². The van der Waals surface area contributed by atoms with E-state index in [1.807, 2.05) is 6.92 Å². The molecule has 29 heavy (non-hydrogen) atoms. The van der Waals surface area contributed by atoms with Crippen LogP contribution < -0.4 is 20.4 Å². The molecular formula is C20H16F3NO5. The van der Waals surface area contributed by atoms with E-state index in [-0.39, 0.29) is 16.7 Å². The number of halogens is 3. The largest absolute Gasteiger partial charge is 0.492 e. The molecule has 0 aliphatic rings. The zero-order chi connectivity index (χ0) is 21.0. The zero-order valence-electron chi connectivity index (χ0n) is 15.2. The molecule has 1 N–H and O–H groups in total. The number of carbonyl (C=O) groups is 1. The summed E-state index contributed by atoms with van der Waals surface area (Å²) in [4.78, 5) is 23.6. The van der Waals surface area contributed by atoms with Gasteiger partial charge in [-0.15, -0.1) is 0 Å². The molecule has 9 heteroatoms. The van der Waals surface area contributed by atoms with Crippen molar-refractivity contribution in [2.45, 2.75) is 13.1 Å². The molecule has 0 fully saturated rings. The Bertz CT molecular complexity index is 1090. The molecule has 3 rings (SSSR count). The second-order valence-corrected chi connectivity index (χ2v) is 5.90. The van der Waals surface area contributed by atoms with Crippen molar-refractivity contribution in [3.63, 3.8) is 0 Å². The fourth-order valence-electron chi connectivity index (χ4n) is 2.65. The summed E-state index contributed by atoms with van der Waals surface area (Å²) in [5, 5.41) is 2.35. The van der Waals surface area contributed by atoms with Gasteiger partial charge in [-0.05, 0) is 31.2 Å². The van der Waals surface area contributed by atoms with Gasteiger partial charge >= 0.3 is 11.8 Å². The van der Waals surface area contributed by atoms with Crippen molar-refractivity contribution < 1.29 is 31.9 Å². The summed E-state index contributed by atoms with van der Waals surface area (Å²) in [6.45, 7) is 1.82. The van der Waals surface area contributed by atoms with Crippen LogP contribution in [0.4, 0.5) is 18.9 Å². The maximum Gasteiger partial charge on any atom is 0.417 e. The van der Waals surface area contributed by atoms with E-state index in [4.69, 9.17) is 13.9 Å². The zero-order valence-corrected chi connectivity index (χ0v) is 15.2. The first-order valence-electron chi connectivity index (χ1n) is 8.57. The normalized spacial score (nSPS) is 11.3. The molecular weight excluding hydrogens is 391 g/mol. The second kappa shape index (κ2) is 8.26. The lowest BCUT2D eigenvalue weighted by atomic mass is 10.1. The predicted octanol–water partition coefficient (Wildman–Crippen LogP) is 4.23. The van der Waals surface area contributed by atoms with Crippen molar-refractivity contribution in [1.82, 2.24) is 0 Å². The SMILES string of the molecule is CCOc1ccccc1NC(=O)COc1ccc2c(C(F)(F)F)cc(=O)oc2c1. The van der Waals surface area contributed by atoms with Crippen molar-refractivity contribution in [3.8, 4) is 11.5 Å². The molecule has 2 aromatic carbocycles. The van der Waals surface area contributed by atoms with E-state index in [9.17, 15) is 22.8 Å². The first kappa shape index (κ1) is 20.2. The number of ether oxygens (including phenoxy) is 2. The first-order valence-corrected chi connectivity index (χ1v) is 8.57. The molecule has 3 aromatic rings. The van der Waals surface area contributed by atoms with Gasteiger partial charge in [0.05, 0.1) is 17.9 Å². The van der Waals surface area contributed by atoms with E-state index in [1.165, 1.54) is 6.07 Å². The molecule has 0 atom stereocenters. The number of benzene rings is 2. The number of nitrogens with one attached hydrogen (secondary N) is 1. The van der Waals surface area contributed by atoms with E-state index in [1.54, 1.807) is 24.3 Å². The molecule has 1 aromatic heterocycles. The number of hydrogen-bond acceptors (Lipinski definition) is 5. The Hall–Kier alpha value is -3.49. The molecule has 0 saturated carbocycles. The van der Waals surface area contributed by atoms with Crippen LogP contribution in [0.1, 0.15) is 12.5 Å². The fraction of sp³-hybridized carbons (Fsp3) is 0.200. The van der Waals surface area contributed by atoms with E-state index in [2.05, 4.69) is 5.32 Å². The van der Waals surface area contributed by atoms with E-state index in [0.717, 1.165) is 12.1 Å². The molecule has 0 unspecified atom stereocenters. The number of alkyl halides is 3. The van der Waals surface area contributed by atoms with Crippen LogP contribution in [-0.4, -0.2) is 19.1 Å². The molecule has 1 heterocycles. The topological polar surface area (TPSA) is 77.8 Å². The summed E-state index contributed by atoms with van der Waals surface area (Å²) in [6, 6.07) is 10.8. The van der Waals surface area contributed by atoms with Gasteiger partial charge in [-0.1, -0.05) is 12.1 Å². The van der Waals surface area contributed by atoms with Gasteiger partial charge in [0.1, 0.15) is 17.1 Å². The summed E-state index contributed by atoms with van der Waals surface area (Å²) in [5.74, 6) is 0.0754. The quantitative estimate of drug-likeness (QED) is 0.619. The number of anilines is 1. The Labute approximate surface area is 162 Å². The van der Waals surface area contributed by atoms with Crippen LogP contribution in [-0.2, 0) is 11.0 Å². The third-order valence-corrected chi connectivity index (χ3v) is 3.85. The molecule has 6 nitrogen and oxygen atoms in total. The number of para-hydroxylation sites is 2. The number of fused-ring (bicyclic) bond motifs is 1. The average molecular weight is 407 g/mol. The summed E-state index contributed by atoms with van der Waals surface area (Å²) in [5.41, 5.74) is -2.06. The van der Waals surface area contributed by atoms with Gasteiger partial charge in [0.15, 0.2) is 6.61 Å². The molecule has 0 bridgehead atoms. The number of amides is 1. The Balaban J connectivity index is 1.74. The smallest absolute Gasteiger partial charge is 0.417 e. The third kappa shape index (κ3) is 4.87. The van der Waals surface area contributed by atoms with Crippen LogP contribution >= 0.6 is 0 Å². The van der Waals surface area contributed by atoms with Gasteiger partial charge in [-0.2, -0.15) is 13.2 Å². The predicted molar refractivity (Wildman–Crippen MR) is 99.2 cm³/mol. The van der Waals surface area contributed by atoms with Crippen molar-refractivity contribution in [1.29, 1.82) is 0 Å². The van der Waals surface area contributed by atoms with E-state index in [0.29, 0.717) is 24.1 Å². The highest BCUT2D eigenvalue weighted by molar-refractivity contribution is 5.93. The van der Waals surface area contributed by atoms with Gasteiger partial charge in [0, 0.05) is 17.5 Å². The Kier molecular flexibility index (Phi) is 5.76. The standard InChI is InChI=1S/C20H16F3NO5/c1-2-27-16-6-4-3-5-15(16)24-18(25)11-28-12-7-8-13-14(20(21,22)23)10-19(26)29-17(13)9-12/h3-10H,2,11H2,1H3,(H,24,25). The monoisotopic (exact) mass is 407 g/mol. The lowest BCUT2D eigenvalue weighted by Gasteiger charge is -2.12. The summed E-state index contributed by atoms with van der Waals surface area (Å²) in [6.07, 6.45) is -4.70. The Morgan fingerprint density at radius 2 is 1.86 bits per heavy atom. The van der Waals surface area contributed by atoms with Gasteiger partial charge in [0.25, 0.3) is 5.91 Å². The van der Waals surface area contributed by atoms with Gasteiger partial charge in [0.2, 0.25) is 0 Å². The second-order valence-electron chi connectivity index (χ2n) is 5.90. The molecule has 0 aliphatic heterocycles. The summed E-state index contributed by atoms with van der Waals surface area (Å²) in [7, 11) is 0. The van der Waals surface area contributed by atoms with Crippen LogP contribution in [0.25, 0.3) is 11.0 Å².